The van der Waals surface area contributed by atoms with Gasteiger partial charge in [-0.25, -0.2) is 0 Å². The number of carbonyl (C=O) groups is 3. The van der Waals surface area contributed by atoms with Gasteiger partial charge >= 0.3 is 11.9 Å². The SMILES string of the molecule is CC/C=C/C/C=C/C/C=C/C/C=C/C/C=C/C/C=C/CCCC(=O)OCC(COCCC(C(=O)[O-])[N+](C)(C)C)OC(=O)CCCCCCCCCCCCCCC. The van der Waals surface area contributed by atoms with E-state index in [-0.39, 0.29) is 49.1 Å². The lowest BCUT2D eigenvalue weighted by molar-refractivity contribution is -0.889. The van der Waals surface area contributed by atoms with Gasteiger partial charge in [0, 0.05) is 19.3 Å². The minimum Gasteiger partial charge on any atom is -0.544 e. The van der Waals surface area contributed by atoms with Crippen LogP contribution in [0.25, 0.3) is 0 Å². The first-order valence-corrected chi connectivity index (χ1v) is 22.5. The third kappa shape index (κ3) is 38.1. The topological polar surface area (TPSA) is 102 Å². The summed E-state index contributed by atoms with van der Waals surface area (Å²) in [5.74, 6) is -1.81. The zero-order valence-corrected chi connectivity index (χ0v) is 37.0. The van der Waals surface area contributed by atoms with Crippen molar-refractivity contribution in [3.63, 3.8) is 0 Å². The summed E-state index contributed by atoms with van der Waals surface area (Å²) in [4.78, 5) is 36.8. The van der Waals surface area contributed by atoms with Crippen LogP contribution in [0.1, 0.15) is 168 Å². The highest BCUT2D eigenvalue weighted by molar-refractivity contribution is 5.70. The molecule has 0 fully saturated rings. The Labute approximate surface area is 349 Å². The second-order valence-electron chi connectivity index (χ2n) is 15.9. The Kier molecular flexibility index (Phi) is 37.3. The van der Waals surface area contributed by atoms with Crippen LogP contribution in [-0.4, -0.2) is 75.5 Å². The molecule has 0 aliphatic carbocycles. The molecule has 57 heavy (non-hydrogen) atoms. The highest BCUT2D eigenvalue weighted by Gasteiger charge is 2.25. The normalized spacial score (nSPS) is 13.6. The summed E-state index contributed by atoms with van der Waals surface area (Å²) in [6.45, 7) is 4.48. The monoisotopic (exact) mass is 798 g/mol. The lowest BCUT2D eigenvalue weighted by Gasteiger charge is -2.34. The second kappa shape index (κ2) is 39.6. The summed E-state index contributed by atoms with van der Waals surface area (Å²) in [5.41, 5.74) is 0. The highest BCUT2D eigenvalue weighted by atomic mass is 16.6. The molecule has 2 unspecified atom stereocenters. The van der Waals surface area contributed by atoms with Gasteiger partial charge in [0.05, 0.1) is 40.3 Å². The number of unbranched alkanes of at least 4 members (excludes halogenated alkanes) is 13. The van der Waals surface area contributed by atoms with Crippen LogP contribution in [0.3, 0.4) is 0 Å². The van der Waals surface area contributed by atoms with Gasteiger partial charge in [-0.15, -0.1) is 0 Å². The number of likely N-dealkylation sites (N-methyl/N-ethyl adjacent to an activating group) is 1. The summed E-state index contributed by atoms with van der Waals surface area (Å²) in [7, 11) is 5.38. The maximum Gasteiger partial charge on any atom is 0.306 e. The highest BCUT2D eigenvalue weighted by Crippen LogP contribution is 2.14. The first-order valence-electron chi connectivity index (χ1n) is 22.5. The summed E-state index contributed by atoms with van der Waals surface area (Å²) in [6, 6.07) is -0.736. The molecule has 0 amide bonds. The molecule has 2 atom stereocenters. The van der Waals surface area contributed by atoms with Gasteiger partial charge in [-0.05, 0) is 57.8 Å². The minimum atomic E-state index is -1.13. The molecule has 0 saturated carbocycles. The molecule has 0 aromatic rings. The van der Waals surface area contributed by atoms with E-state index in [0.29, 0.717) is 12.8 Å². The van der Waals surface area contributed by atoms with Crippen molar-refractivity contribution in [1.29, 1.82) is 0 Å². The van der Waals surface area contributed by atoms with Crippen molar-refractivity contribution in [1.82, 2.24) is 0 Å². The Morgan fingerprint density at radius 3 is 1.44 bits per heavy atom. The van der Waals surface area contributed by atoms with Crippen LogP contribution < -0.4 is 5.11 Å². The molecule has 0 heterocycles. The summed E-state index contributed by atoms with van der Waals surface area (Å²) in [6.07, 6.45) is 49.3. The Bertz CT molecular complexity index is 1160. The molecule has 8 heteroatoms. The van der Waals surface area contributed by atoms with Crippen molar-refractivity contribution in [3.8, 4) is 0 Å². The van der Waals surface area contributed by atoms with E-state index < -0.39 is 18.1 Å². The standard InChI is InChI=1S/C49H83NO7/c1-6-8-10-12-14-16-18-20-21-22-23-24-25-26-28-29-31-33-35-37-39-47(51)56-44-45(43-55-42-41-46(49(53)54)50(3,4)5)57-48(52)40-38-36-34-32-30-27-19-17-15-13-11-9-7-2/h8,10,14,16,20-21,23-24,26,28,31,33,45-46H,6-7,9,11-13,15,17-19,22,25,27,29-30,32,34-44H2,1-5H3/b10-8+,16-14+,21-20+,24-23+,28-26+,33-31+. The predicted molar refractivity (Wildman–Crippen MR) is 235 cm³/mol. The van der Waals surface area contributed by atoms with Gasteiger partial charge in [-0.2, -0.15) is 0 Å². The Balaban J connectivity index is 4.43. The molecule has 0 aromatic heterocycles. The number of carbonyl (C=O) groups excluding carboxylic acids is 3. The fourth-order valence-electron chi connectivity index (χ4n) is 6.14. The van der Waals surface area contributed by atoms with Crippen molar-refractivity contribution in [2.75, 3.05) is 41.0 Å². The average molecular weight is 798 g/mol. The zero-order chi connectivity index (χ0) is 42.1. The molecule has 0 rings (SSSR count). The zero-order valence-electron chi connectivity index (χ0n) is 37.0. The number of carboxylic acid groups (broad SMARTS) is 1. The van der Waals surface area contributed by atoms with Gasteiger partial charge in [0.1, 0.15) is 12.6 Å². The lowest BCUT2D eigenvalue weighted by Crippen LogP contribution is -2.55. The number of rotatable bonds is 39. The van der Waals surface area contributed by atoms with Crippen molar-refractivity contribution >= 4 is 17.9 Å². The smallest absolute Gasteiger partial charge is 0.306 e. The van der Waals surface area contributed by atoms with Crippen LogP contribution in [0.5, 0.6) is 0 Å². The number of ether oxygens (including phenoxy) is 3. The molecular formula is C49H83NO7. The Morgan fingerprint density at radius 2 is 0.982 bits per heavy atom. The number of allylic oxidation sites excluding steroid dienone is 12. The molecule has 0 saturated heterocycles. The maximum atomic E-state index is 12.7. The molecule has 0 aliphatic rings. The van der Waals surface area contributed by atoms with Crippen molar-refractivity contribution < 1.29 is 38.2 Å². The summed E-state index contributed by atoms with van der Waals surface area (Å²) >= 11 is 0. The van der Waals surface area contributed by atoms with E-state index >= 15 is 0 Å². The molecule has 0 radical (unpaired) electrons. The van der Waals surface area contributed by atoms with Crippen molar-refractivity contribution in [3.05, 3.63) is 72.9 Å². The summed E-state index contributed by atoms with van der Waals surface area (Å²) in [5, 5.41) is 11.6. The van der Waals surface area contributed by atoms with E-state index in [9.17, 15) is 19.5 Å². The minimum absolute atomic E-state index is 0.0209. The predicted octanol–water partition coefficient (Wildman–Crippen LogP) is 11.0. The Hall–Kier alpha value is -3.23. The molecule has 326 valence electrons. The number of aliphatic carboxylic acids is 1. The maximum absolute atomic E-state index is 12.7. The first-order chi connectivity index (χ1) is 27.6. The van der Waals surface area contributed by atoms with Crippen LogP contribution in [0, 0.1) is 0 Å². The third-order valence-electron chi connectivity index (χ3n) is 9.61. The van der Waals surface area contributed by atoms with Crippen molar-refractivity contribution in [2.45, 2.75) is 180 Å². The number of hydrogen-bond donors (Lipinski definition) is 0. The van der Waals surface area contributed by atoms with E-state index in [4.69, 9.17) is 14.2 Å². The van der Waals surface area contributed by atoms with Gasteiger partial charge in [0.15, 0.2) is 6.10 Å². The second-order valence-corrected chi connectivity index (χ2v) is 15.9. The Morgan fingerprint density at radius 1 is 0.544 bits per heavy atom. The quantitative estimate of drug-likeness (QED) is 0.0264. The van der Waals surface area contributed by atoms with Crippen LogP contribution in [0.15, 0.2) is 72.9 Å². The van der Waals surface area contributed by atoms with E-state index in [1.165, 1.54) is 64.2 Å². The van der Waals surface area contributed by atoms with Gasteiger partial charge in [0.25, 0.3) is 0 Å². The number of nitrogens with zero attached hydrogens (tertiary/aromatic N) is 1. The van der Waals surface area contributed by atoms with Gasteiger partial charge in [-0.1, -0.05) is 164 Å². The largest absolute Gasteiger partial charge is 0.544 e. The molecule has 0 aromatic carbocycles. The van der Waals surface area contributed by atoms with E-state index in [0.717, 1.165) is 64.2 Å². The third-order valence-corrected chi connectivity index (χ3v) is 9.61. The molecule has 0 bridgehead atoms. The number of esters is 2. The first kappa shape index (κ1) is 53.8. The number of hydrogen-bond acceptors (Lipinski definition) is 7. The number of carboxylic acids is 1. The lowest BCUT2D eigenvalue weighted by atomic mass is 10.0. The van der Waals surface area contributed by atoms with Gasteiger partial charge < -0.3 is 28.6 Å². The molecule has 0 spiro atoms. The van der Waals surface area contributed by atoms with Crippen LogP contribution >= 0.6 is 0 Å². The van der Waals surface area contributed by atoms with Crippen LogP contribution in [-0.2, 0) is 28.6 Å². The van der Waals surface area contributed by atoms with Gasteiger partial charge in [-0.3, -0.25) is 9.59 Å². The number of quaternary nitrogens is 1. The fraction of sp³-hybridized carbons (Fsp3) is 0.694. The van der Waals surface area contributed by atoms with Gasteiger partial charge in [0.2, 0.25) is 0 Å². The molecular weight excluding hydrogens is 715 g/mol. The van der Waals surface area contributed by atoms with Crippen molar-refractivity contribution in [2.24, 2.45) is 0 Å². The molecule has 0 N–H and O–H groups in total. The van der Waals surface area contributed by atoms with E-state index in [1.54, 1.807) is 21.1 Å². The van der Waals surface area contributed by atoms with E-state index in [1.807, 2.05) is 0 Å². The fourth-order valence-corrected chi connectivity index (χ4v) is 6.14. The van der Waals surface area contributed by atoms with Crippen LogP contribution in [0.2, 0.25) is 0 Å². The van der Waals surface area contributed by atoms with Crippen LogP contribution in [0.4, 0.5) is 0 Å². The molecule has 0 aliphatic heterocycles. The molecule has 8 nitrogen and oxygen atoms in total. The van der Waals surface area contributed by atoms with E-state index in [2.05, 4.69) is 86.8 Å². The summed E-state index contributed by atoms with van der Waals surface area (Å²) < 4.78 is 17.1. The average Bonchev–Trinajstić information content (AvgIpc) is 3.17.